The standard InChI is InChI=1S/C25H24N4O3S/c1-31-21-14-12-20(13-15-21)26-24(30)27-22(16-18-8-4-2-5-9-18)23-28-29-25(32-23)33-17-19-10-6-3-7-11-19/h2-15,22H,16-17H2,1H3,(H2,26,27,30)/t22-/m0/s1. The number of thioether (sulfide) groups is 1. The molecule has 33 heavy (non-hydrogen) atoms. The molecule has 0 spiro atoms. The van der Waals surface area contributed by atoms with E-state index < -0.39 is 6.04 Å². The number of rotatable bonds is 9. The van der Waals surface area contributed by atoms with Gasteiger partial charge in [-0.15, -0.1) is 10.2 Å². The number of methoxy groups -OCH3 is 1. The SMILES string of the molecule is COc1ccc(NC(=O)N[C@@H](Cc2ccccc2)c2nnc(SCc3ccccc3)o2)cc1. The highest BCUT2D eigenvalue weighted by atomic mass is 32.2. The normalized spacial score (nSPS) is 11.5. The van der Waals surface area contributed by atoms with Crippen LogP contribution in [0.1, 0.15) is 23.1 Å². The van der Waals surface area contributed by atoms with E-state index in [1.54, 1.807) is 31.4 Å². The summed E-state index contributed by atoms with van der Waals surface area (Å²) in [6.45, 7) is 0. The Labute approximate surface area is 196 Å². The molecule has 0 saturated carbocycles. The fourth-order valence-electron chi connectivity index (χ4n) is 3.19. The fourth-order valence-corrected chi connectivity index (χ4v) is 3.91. The number of ether oxygens (including phenoxy) is 1. The molecule has 8 heteroatoms. The van der Waals surface area contributed by atoms with Crippen molar-refractivity contribution in [3.63, 3.8) is 0 Å². The molecule has 2 amide bonds. The number of nitrogens with zero attached hydrogens (tertiary/aromatic N) is 2. The van der Waals surface area contributed by atoms with Crippen LogP contribution in [0.25, 0.3) is 0 Å². The molecule has 4 aromatic rings. The lowest BCUT2D eigenvalue weighted by atomic mass is 10.1. The van der Waals surface area contributed by atoms with Crippen LogP contribution in [0, 0.1) is 0 Å². The first-order valence-corrected chi connectivity index (χ1v) is 11.4. The van der Waals surface area contributed by atoms with Crippen molar-refractivity contribution in [2.75, 3.05) is 12.4 Å². The molecule has 0 aliphatic rings. The quantitative estimate of drug-likeness (QED) is 0.322. The third-order valence-electron chi connectivity index (χ3n) is 4.86. The van der Waals surface area contributed by atoms with Crippen LogP contribution in [0.15, 0.2) is 94.6 Å². The van der Waals surface area contributed by atoms with Crippen LogP contribution in [0.3, 0.4) is 0 Å². The van der Waals surface area contributed by atoms with Gasteiger partial charge >= 0.3 is 6.03 Å². The van der Waals surface area contributed by atoms with Gasteiger partial charge < -0.3 is 19.8 Å². The van der Waals surface area contributed by atoms with E-state index in [0.29, 0.717) is 29.0 Å². The van der Waals surface area contributed by atoms with E-state index in [1.807, 2.05) is 60.7 Å². The number of carbonyl (C=O) groups excluding carboxylic acids is 1. The van der Waals surface area contributed by atoms with Gasteiger partial charge in [0.1, 0.15) is 11.8 Å². The van der Waals surface area contributed by atoms with E-state index in [1.165, 1.54) is 17.3 Å². The second-order valence-corrected chi connectivity index (χ2v) is 8.18. The minimum absolute atomic E-state index is 0.360. The number of amides is 2. The van der Waals surface area contributed by atoms with Gasteiger partial charge in [-0.25, -0.2) is 4.79 Å². The Morgan fingerprint density at radius 3 is 2.27 bits per heavy atom. The van der Waals surface area contributed by atoms with E-state index in [0.717, 1.165) is 11.3 Å². The van der Waals surface area contributed by atoms with Crippen molar-refractivity contribution in [2.45, 2.75) is 23.4 Å². The first-order chi connectivity index (χ1) is 16.2. The number of carbonyl (C=O) groups is 1. The molecule has 3 aromatic carbocycles. The van der Waals surface area contributed by atoms with Gasteiger partial charge in [0.05, 0.1) is 7.11 Å². The average molecular weight is 461 g/mol. The summed E-state index contributed by atoms with van der Waals surface area (Å²) in [4.78, 5) is 12.7. The summed E-state index contributed by atoms with van der Waals surface area (Å²) in [5, 5.41) is 14.6. The molecule has 0 fully saturated rings. The van der Waals surface area contributed by atoms with Crippen molar-refractivity contribution < 1.29 is 13.9 Å². The van der Waals surface area contributed by atoms with Gasteiger partial charge in [-0.3, -0.25) is 0 Å². The highest BCUT2D eigenvalue weighted by Crippen LogP contribution is 2.25. The van der Waals surface area contributed by atoms with Crippen LogP contribution in [0.5, 0.6) is 5.75 Å². The summed E-state index contributed by atoms with van der Waals surface area (Å²) in [5.74, 6) is 1.80. The van der Waals surface area contributed by atoms with E-state index in [-0.39, 0.29) is 6.03 Å². The molecule has 0 aliphatic heterocycles. The molecular formula is C25H24N4O3S. The molecule has 1 heterocycles. The van der Waals surface area contributed by atoms with Crippen LogP contribution >= 0.6 is 11.8 Å². The van der Waals surface area contributed by atoms with Gasteiger partial charge in [0.25, 0.3) is 5.22 Å². The van der Waals surface area contributed by atoms with Crippen molar-refractivity contribution in [3.8, 4) is 5.75 Å². The van der Waals surface area contributed by atoms with E-state index in [4.69, 9.17) is 9.15 Å². The smallest absolute Gasteiger partial charge is 0.319 e. The minimum Gasteiger partial charge on any atom is -0.497 e. The predicted molar refractivity (Wildman–Crippen MR) is 128 cm³/mol. The van der Waals surface area contributed by atoms with Crippen molar-refractivity contribution in [2.24, 2.45) is 0 Å². The molecule has 4 rings (SSSR count). The van der Waals surface area contributed by atoms with E-state index >= 15 is 0 Å². The molecule has 0 unspecified atom stereocenters. The first kappa shape index (κ1) is 22.4. The van der Waals surface area contributed by atoms with Crippen molar-refractivity contribution in [1.29, 1.82) is 0 Å². The van der Waals surface area contributed by atoms with Crippen LogP contribution < -0.4 is 15.4 Å². The molecule has 0 radical (unpaired) electrons. The first-order valence-electron chi connectivity index (χ1n) is 10.5. The van der Waals surface area contributed by atoms with Gasteiger partial charge in [0, 0.05) is 17.9 Å². The molecule has 2 N–H and O–H groups in total. The highest BCUT2D eigenvalue weighted by molar-refractivity contribution is 7.98. The van der Waals surface area contributed by atoms with Gasteiger partial charge in [0.2, 0.25) is 5.89 Å². The molecule has 0 aliphatic carbocycles. The zero-order valence-electron chi connectivity index (χ0n) is 18.1. The van der Waals surface area contributed by atoms with Crippen LogP contribution in [0.2, 0.25) is 0 Å². The monoisotopic (exact) mass is 460 g/mol. The zero-order chi connectivity index (χ0) is 22.9. The average Bonchev–Trinajstić information content (AvgIpc) is 3.33. The summed E-state index contributed by atoms with van der Waals surface area (Å²) in [5.41, 5.74) is 2.86. The summed E-state index contributed by atoms with van der Waals surface area (Å²) in [6, 6.07) is 26.2. The highest BCUT2D eigenvalue weighted by Gasteiger charge is 2.22. The molecule has 168 valence electrons. The fraction of sp³-hybridized carbons (Fsp3) is 0.160. The van der Waals surface area contributed by atoms with Crippen molar-refractivity contribution >= 4 is 23.5 Å². The number of anilines is 1. The molecule has 0 bridgehead atoms. The maximum atomic E-state index is 12.7. The number of nitrogens with one attached hydrogen (secondary N) is 2. The maximum Gasteiger partial charge on any atom is 0.319 e. The van der Waals surface area contributed by atoms with Crippen molar-refractivity contribution in [3.05, 3.63) is 102 Å². The summed E-state index contributed by atoms with van der Waals surface area (Å²) < 4.78 is 11.1. The summed E-state index contributed by atoms with van der Waals surface area (Å²) in [6.07, 6.45) is 0.516. The molecule has 1 aromatic heterocycles. The van der Waals surface area contributed by atoms with E-state index in [9.17, 15) is 4.79 Å². The molecule has 1 atom stereocenters. The lowest BCUT2D eigenvalue weighted by molar-refractivity contribution is 0.244. The third-order valence-corrected chi connectivity index (χ3v) is 5.75. The number of hydrogen-bond acceptors (Lipinski definition) is 6. The van der Waals surface area contributed by atoms with Gasteiger partial charge in [-0.2, -0.15) is 0 Å². The second kappa shape index (κ2) is 11.2. The Bertz CT molecular complexity index is 1150. The summed E-state index contributed by atoms with van der Waals surface area (Å²) in [7, 11) is 1.60. The third kappa shape index (κ3) is 6.60. The Morgan fingerprint density at radius 1 is 0.939 bits per heavy atom. The summed E-state index contributed by atoms with van der Waals surface area (Å²) >= 11 is 1.46. The molecule has 0 saturated heterocycles. The van der Waals surface area contributed by atoms with Crippen molar-refractivity contribution in [1.82, 2.24) is 15.5 Å². The van der Waals surface area contributed by atoms with Crippen LogP contribution in [0.4, 0.5) is 10.5 Å². The minimum atomic E-state index is -0.482. The lowest BCUT2D eigenvalue weighted by Gasteiger charge is -2.16. The zero-order valence-corrected chi connectivity index (χ0v) is 18.9. The number of aromatic nitrogens is 2. The number of urea groups is 1. The van der Waals surface area contributed by atoms with Gasteiger partial charge in [-0.05, 0) is 35.4 Å². The van der Waals surface area contributed by atoms with E-state index in [2.05, 4.69) is 20.8 Å². The van der Waals surface area contributed by atoms with Crippen LogP contribution in [-0.2, 0) is 12.2 Å². The maximum absolute atomic E-state index is 12.7. The Morgan fingerprint density at radius 2 is 1.61 bits per heavy atom. The molecular weight excluding hydrogens is 436 g/mol. The second-order valence-electron chi connectivity index (χ2n) is 7.25. The molecule has 7 nitrogen and oxygen atoms in total. The largest absolute Gasteiger partial charge is 0.497 e. The Hall–Kier alpha value is -3.78. The van der Waals surface area contributed by atoms with Gasteiger partial charge in [-0.1, -0.05) is 72.4 Å². The number of benzene rings is 3. The lowest BCUT2D eigenvalue weighted by Crippen LogP contribution is -2.34. The Balaban J connectivity index is 1.45. The van der Waals surface area contributed by atoms with Gasteiger partial charge in [0.15, 0.2) is 0 Å². The predicted octanol–water partition coefficient (Wildman–Crippen LogP) is 5.48. The number of hydrogen-bond donors (Lipinski definition) is 2. The Kier molecular flexibility index (Phi) is 7.60. The topological polar surface area (TPSA) is 89.3 Å². The van der Waals surface area contributed by atoms with Crippen LogP contribution in [-0.4, -0.2) is 23.3 Å².